The normalized spacial score (nSPS) is 9.81. The molecule has 0 aliphatic carbocycles. The first-order chi connectivity index (χ1) is 7.50. The molecule has 0 saturated heterocycles. The van der Waals surface area contributed by atoms with Gasteiger partial charge in [0.1, 0.15) is 0 Å². The van der Waals surface area contributed by atoms with Crippen molar-refractivity contribution in [2.24, 2.45) is 0 Å². The molecule has 1 aromatic carbocycles. The lowest BCUT2D eigenvalue weighted by atomic mass is 10.2. The Kier molecular flexibility index (Phi) is 4.13. The summed E-state index contributed by atoms with van der Waals surface area (Å²) >= 11 is 5.74. The summed E-state index contributed by atoms with van der Waals surface area (Å²) < 4.78 is 0. The maximum absolute atomic E-state index is 11.5. The number of aliphatic carboxylic acids is 1. The van der Waals surface area contributed by atoms with Gasteiger partial charge in [0.05, 0.1) is 17.1 Å². The number of rotatable bonds is 4. The van der Waals surface area contributed by atoms with Gasteiger partial charge in [-0.15, -0.1) is 0 Å². The number of nitrogens with one attached hydrogen (secondary N) is 1. The first kappa shape index (κ1) is 12.3. The predicted molar refractivity (Wildman–Crippen MR) is 60.5 cm³/mol. The number of carboxylic acid groups (broad SMARTS) is 1. The van der Waals surface area contributed by atoms with Crippen LogP contribution in [0.3, 0.4) is 0 Å². The van der Waals surface area contributed by atoms with Crippen LogP contribution >= 0.6 is 11.6 Å². The zero-order valence-electron chi connectivity index (χ0n) is 8.37. The van der Waals surface area contributed by atoms with Gasteiger partial charge in [0.2, 0.25) is 0 Å². The van der Waals surface area contributed by atoms with Crippen LogP contribution in [0.5, 0.6) is 0 Å². The molecule has 1 aromatic rings. The molecule has 0 radical (unpaired) electrons. The van der Waals surface area contributed by atoms with Crippen LogP contribution in [0, 0.1) is 0 Å². The highest BCUT2D eigenvalue weighted by atomic mass is 35.5. The van der Waals surface area contributed by atoms with Crippen LogP contribution in [0.25, 0.3) is 0 Å². The van der Waals surface area contributed by atoms with E-state index in [0.29, 0.717) is 16.3 Å². The van der Waals surface area contributed by atoms with E-state index in [1.165, 1.54) is 18.2 Å². The number of nitrogen functional groups attached to an aromatic ring is 1. The summed E-state index contributed by atoms with van der Waals surface area (Å²) in [4.78, 5) is 21.7. The molecule has 0 heterocycles. The number of anilines is 1. The van der Waals surface area contributed by atoms with Gasteiger partial charge < -0.3 is 16.2 Å². The Balaban J connectivity index is 2.59. The van der Waals surface area contributed by atoms with Crippen molar-refractivity contribution in [2.75, 3.05) is 12.3 Å². The molecule has 0 saturated carbocycles. The lowest BCUT2D eigenvalue weighted by Crippen LogP contribution is -2.25. The van der Waals surface area contributed by atoms with Gasteiger partial charge in [0.25, 0.3) is 5.91 Å². The molecule has 16 heavy (non-hydrogen) atoms. The number of carboxylic acids is 1. The van der Waals surface area contributed by atoms with Crippen molar-refractivity contribution in [3.05, 3.63) is 28.8 Å². The van der Waals surface area contributed by atoms with Crippen LogP contribution in [0.4, 0.5) is 5.69 Å². The third-order valence-electron chi connectivity index (χ3n) is 1.89. The molecule has 0 atom stereocenters. The van der Waals surface area contributed by atoms with Crippen LogP contribution in [0.15, 0.2) is 18.2 Å². The summed E-state index contributed by atoms with van der Waals surface area (Å²) in [5.74, 6) is -1.33. The second kappa shape index (κ2) is 5.37. The smallest absolute Gasteiger partial charge is 0.305 e. The van der Waals surface area contributed by atoms with E-state index in [2.05, 4.69) is 5.32 Å². The van der Waals surface area contributed by atoms with Crippen molar-refractivity contribution in [1.29, 1.82) is 0 Å². The average molecular weight is 243 g/mol. The van der Waals surface area contributed by atoms with Gasteiger partial charge in [-0.1, -0.05) is 11.6 Å². The van der Waals surface area contributed by atoms with Gasteiger partial charge in [-0.05, 0) is 18.2 Å². The molecule has 5 nitrogen and oxygen atoms in total. The standard InChI is InChI=1S/C10H11ClN2O3/c11-7-5-6(1-2-8(7)12)10(16)13-4-3-9(14)15/h1-2,5H,3-4,12H2,(H,13,16)(H,14,15). The molecule has 0 spiro atoms. The van der Waals surface area contributed by atoms with E-state index < -0.39 is 5.97 Å². The summed E-state index contributed by atoms with van der Waals surface area (Å²) in [5, 5.41) is 11.1. The Morgan fingerprint density at radius 3 is 2.69 bits per heavy atom. The third kappa shape index (κ3) is 3.43. The topological polar surface area (TPSA) is 92.4 Å². The average Bonchev–Trinajstić information content (AvgIpc) is 2.21. The SMILES string of the molecule is Nc1ccc(C(=O)NCCC(=O)O)cc1Cl. The van der Waals surface area contributed by atoms with Crippen molar-refractivity contribution < 1.29 is 14.7 Å². The highest BCUT2D eigenvalue weighted by Gasteiger charge is 2.07. The Labute approximate surface area is 97.2 Å². The first-order valence-corrected chi connectivity index (χ1v) is 4.93. The van der Waals surface area contributed by atoms with E-state index in [4.69, 9.17) is 22.4 Å². The molecule has 86 valence electrons. The Morgan fingerprint density at radius 1 is 1.44 bits per heavy atom. The summed E-state index contributed by atoms with van der Waals surface area (Å²) in [7, 11) is 0. The van der Waals surface area contributed by atoms with Crippen molar-refractivity contribution in [1.82, 2.24) is 5.32 Å². The van der Waals surface area contributed by atoms with Crippen molar-refractivity contribution >= 4 is 29.2 Å². The van der Waals surface area contributed by atoms with E-state index in [1.54, 1.807) is 0 Å². The van der Waals surface area contributed by atoms with E-state index in [-0.39, 0.29) is 18.9 Å². The quantitative estimate of drug-likeness (QED) is 0.690. The maximum atomic E-state index is 11.5. The van der Waals surface area contributed by atoms with Gasteiger partial charge in [-0.2, -0.15) is 0 Å². The van der Waals surface area contributed by atoms with Crippen LogP contribution < -0.4 is 11.1 Å². The molecule has 0 aliphatic heterocycles. The second-order valence-electron chi connectivity index (χ2n) is 3.14. The zero-order chi connectivity index (χ0) is 12.1. The molecule has 1 amide bonds. The fraction of sp³-hybridized carbons (Fsp3) is 0.200. The lowest BCUT2D eigenvalue weighted by Gasteiger charge is -2.04. The Hall–Kier alpha value is -1.75. The molecule has 4 N–H and O–H groups in total. The summed E-state index contributed by atoms with van der Waals surface area (Å²) in [6, 6.07) is 4.48. The molecule has 0 unspecified atom stereocenters. The van der Waals surface area contributed by atoms with Crippen LogP contribution in [-0.4, -0.2) is 23.5 Å². The van der Waals surface area contributed by atoms with E-state index in [0.717, 1.165) is 0 Å². The number of amides is 1. The second-order valence-corrected chi connectivity index (χ2v) is 3.54. The Morgan fingerprint density at radius 2 is 2.12 bits per heavy atom. The van der Waals surface area contributed by atoms with Crippen LogP contribution in [0.1, 0.15) is 16.8 Å². The van der Waals surface area contributed by atoms with Crippen molar-refractivity contribution in [3.8, 4) is 0 Å². The fourth-order valence-corrected chi connectivity index (χ4v) is 1.23. The minimum absolute atomic E-state index is 0.0795. The molecule has 1 rings (SSSR count). The molecule has 0 fully saturated rings. The monoisotopic (exact) mass is 242 g/mol. The zero-order valence-corrected chi connectivity index (χ0v) is 9.12. The van der Waals surface area contributed by atoms with Crippen LogP contribution in [-0.2, 0) is 4.79 Å². The lowest BCUT2D eigenvalue weighted by molar-refractivity contribution is -0.136. The summed E-state index contributed by atoms with van der Waals surface area (Å²) in [5.41, 5.74) is 6.23. The molecular formula is C10H11ClN2O3. The molecular weight excluding hydrogens is 232 g/mol. The first-order valence-electron chi connectivity index (χ1n) is 4.55. The van der Waals surface area contributed by atoms with Crippen molar-refractivity contribution in [3.63, 3.8) is 0 Å². The highest BCUT2D eigenvalue weighted by Crippen LogP contribution is 2.19. The number of benzene rings is 1. The number of hydrogen-bond acceptors (Lipinski definition) is 3. The molecule has 0 aliphatic rings. The van der Waals surface area contributed by atoms with Gasteiger partial charge >= 0.3 is 5.97 Å². The molecule has 0 aromatic heterocycles. The summed E-state index contributed by atoms with van der Waals surface area (Å²) in [6.07, 6.45) is -0.117. The molecule has 0 bridgehead atoms. The van der Waals surface area contributed by atoms with Crippen molar-refractivity contribution in [2.45, 2.75) is 6.42 Å². The number of carbonyl (C=O) groups is 2. The van der Waals surface area contributed by atoms with E-state index >= 15 is 0 Å². The van der Waals surface area contributed by atoms with Gasteiger partial charge in [0.15, 0.2) is 0 Å². The minimum Gasteiger partial charge on any atom is -0.481 e. The predicted octanol–water partition coefficient (Wildman–Crippen LogP) is 1.13. The fourth-order valence-electron chi connectivity index (χ4n) is 1.05. The number of carbonyl (C=O) groups excluding carboxylic acids is 1. The highest BCUT2D eigenvalue weighted by molar-refractivity contribution is 6.33. The minimum atomic E-state index is -0.962. The number of nitrogens with two attached hydrogens (primary N) is 1. The van der Waals surface area contributed by atoms with Gasteiger partial charge in [-0.3, -0.25) is 9.59 Å². The van der Waals surface area contributed by atoms with E-state index in [9.17, 15) is 9.59 Å². The largest absolute Gasteiger partial charge is 0.481 e. The van der Waals surface area contributed by atoms with Crippen LogP contribution in [0.2, 0.25) is 5.02 Å². The maximum Gasteiger partial charge on any atom is 0.305 e. The third-order valence-corrected chi connectivity index (χ3v) is 2.21. The number of hydrogen-bond donors (Lipinski definition) is 3. The van der Waals surface area contributed by atoms with E-state index in [1.807, 2.05) is 0 Å². The van der Waals surface area contributed by atoms with Gasteiger partial charge in [0, 0.05) is 12.1 Å². The Bertz CT molecular complexity index is 421. The number of halogens is 1. The summed E-state index contributed by atoms with van der Waals surface area (Å²) in [6.45, 7) is 0.0795. The molecule has 6 heteroatoms. The van der Waals surface area contributed by atoms with Gasteiger partial charge in [-0.25, -0.2) is 0 Å².